The van der Waals surface area contributed by atoms with E-state index in [0.717, 1.165) is 4.52 Å². The summed E-state index contributed by atoms with van der Waals surface area (Å²) in [4.78, 5) is 0. The van der Waals surface area contributed by atoms with Gasteiger partial charge in [-0.05, 0) is 6.92 Å². The fourth-order valence-electron chi connectivity index (χ4n) is 0.927. The Morgan fingerprint density at radius 2 is 2.36 bits per heavy atom. The Hall–Kier alpha value is -1.59. The molecule has 0 fully saturated rings. The second-order valence-corrected chi connectivity index (χ2v) is 2.25. The van der Waals surface area contributed by atoms with Crippen LogP contribution in [-0.4, -0.2) is 19.8 Å². The average Bonchev–Trinajstić information content (AvgIpc) is 2.43. The standard InChI is InChI=1S/C5H6FN5/c1-2-3(7)4-8-9-5(6)11(4)10-2/h8H,7H2,1H3. The molecule has 0 amide bonds. The maximum Gasteiger partial charge on any atom is 0.328 e. The van der Waals surface area contributed by atoms with Gasteiger partial charge in [0.2, 0.25) is 0 Å². The first-order chi connectivity index (χ1) is 5.20. The van der Waals surface area contributed by atoms with Crippen molar-refractivity contribution in [3.8, 4) is 0 Å². The summed E-state index contributed by atoms with van der Waals surface area (Å²) in [7, 11) is 0. The lowest BCUT2D eigenvalue weighted by Crippen LogP contribution is -1.88. The minimum atomic E-state index is -0.681. The van der Waals surface area contributed by atoms with E-state index >= 15 is 0 Å². The van der Waals surface area contributed by atoms with Gasteiger partial charge in [0.25, 0.3) is 0 Å². The number of hydrogen-bond acceptors (Lipinski definition) is 3. The summed E-state index contributed by atoms with van der Waals surface area (Å²) in [6.07, 6.45) is -0.681. The van der Waals surface area contributed by atoms with Gasteiger partial charge in [0.15, 0.2) is 5.65 Å². The van der Waals surface area contributed by atoms with Gasteiger partial charge in [0, 0.05) is 0 Å². The molecule has 0 aliphatic heterocycles. The van der Waals surface area contributed by atoms with Gasteiger partial charge in [-0.1, -0.05) is 0 Å². The largest absolute Gasteiger partial charge is 0.394 e. The van der Waals surface area contributed by atoms with Crippen molar-refractivity contribution in [1.29, 1.82) is 0 Å². The molecule has 3 N–H and O–H groups in total. The Morgan fingerprint density at radius 3 is 3.00 bits per heavy atom. The van der Waals surface area contributed by atoms with E-state index in [9.17, 15) is 4.39 Å². The highest BCUT2D eigenvalue weighted by molar-refractivity contribution is 5.66. The molecule has 0 aliphatic carbocycles. The quantitative estimate of drug-likeness (QED) is 0.566. The van der Waals surface area contributed by atoms with Crippen molar-refractivity contribution in [2.75, 3.05) is 5.73 Å². The van der Waals surface area contributed by atoms with Crippen LogP contribution < -0.4 is 5.73 Å². The highest BCUT2D eigenvalue weighted by atomic mass is 19.1. The molecule has 0 spiro atoms. The van der Waals surface area contributed by atoms with Gasteiger partial charge in [-0.2, -0.15) is 14.0 Å². The third-order valence-electron chi connectivity index (χ3n) is 1.54. The van der Waals surface area contributed by atoms with Gasteiger partial charge in [-0.15, -0.1) is 5.10 Å². The second kappa shape index (κ2) is 1.71. The lowest BCUT2D eigenvalue weighted by molar-refractivity contribution is 0.508. The van der Waals surface area contributed by atoms with Crippen LogP contribution in [0.3, 0.4) is 0 Å². The number of nitrogens with two attached hydrogens (primary N) is 1. The van der Waals surface area contributed by atoms with Crippen molar-refractivity contribution in [3.05, 3.63) is 11.8 Å². The summed E-state index contributed by atoms with van der Waals surface area (Å²) in [5.74, 6) is 0. The number of nitrogens with zero attached hydrogens (tertiary/aromatic N) is 3. The van der Waals surface area contributed by atoms with Crippen LogP contribution in [0.1, 0.15) is 5.69 Å². The number of nitrogen functional groups attached to an aromatic ring is 1. The smallest absolute Gasteiger partial charge is 0.328 e. The molecular weight excluding hydrogens is 149 g/mol. The Kier molecular flexibility index (Phi) is 0.957. The van der Waals surface area contributed by atoms with Gasteiger partial charge in [0.05, 0.1) is 11.4 Å². The van der Waals surface area contributed by atoms with Crippen LogP contribution in [0.2, 0.25) is 0 Å². The van der Waals surface area contributed by atoms with Crippen LogP contribution in [0.15, 0.2) is 0 Å². The first kappa shape index (κ1) is 6.14. The molecule has 0 aliphatic rings. The average molecular weight is 155 g/mol. The van der Waals surface area contributed by atoms with Crippen LogP contribution in [0.25, 0.3) is 5.65 Å². The maximum absolute atomic E-state index is 12.6. The number of anilines is 1. The number of H-pyrrole nitrogens is 1. The molecule has 2 heterocycles. The molecule has 0 aromatic carbocycles. The lowest BCUT2D eigenvalue weighted by atomic mass is 10.4. The summed E-state index contributed by atoms with van der Waals surface area (Å²) < 4.78 is 13.7. The first-order valence-electron chi connectivity index (χ1n) is 3.05. The third kappa shape index (κ3) is 0.631. The van der Waals surface area contributed by atoms with Crippen LogP contribution in [0, 0.1) is 13.0 Å². The number of nitrogens with one attached hydrogen (secondary N) is 1. The Morgan fingerprint density at radius 1 is 1.64 bits per heavy atom. The van der Waals surface area contributed by atoms with E-state index in [0.29, 0.717) is 17.0 Å². The Bertz CT molecular complexity index is 400. The maximum atomic E-state index is 12.6. The molecule has 0 atom stereocenters. The number of aromatic amines is 1. The number of aryl methyl sites for hydroxylation is 1. The molecule has 6 heteroatoms. The molecule has 0 unspecified atom stereocenters. The molecule has 58 valence electrons. The van der Waals surface area contributed by atoms with Crippen LogP contribution >= 0.6 is 0 Å². The zero-order valence-corrected chi connectivity index (χ0v) is 5.80. The van der Waals surface area contributed by atoms with E-state index in [1.165, 1.54) is 0 Å². The summed E-state index contributed by atoms with van der Waals surface area (Å²) in [6.45, 7) is 1.70. The molecule has 0 saturated carbocycles. The fourth-order valence-corrected chi connectivity index (χ4v) is 0.927. The van der Waals surface area contributed by atoms with Gasteiger partial charge in [0.1, 0.15) is 0 Å². The Labute approximate surface area is 61.0 Å². The third-order valence-corrected chi connectivity index (χ3v) is 1.54. The van der Waals surface area contributed by atoms with E-state index < -0.39 is 6.08 Å². The molecule has 0 saturated heterocycles. The molecule has 5 nitrogen and oxygen atoms in total. The monoisotopic (exact) mass is 155 g/mol. The lowest BCUT2D eigenvalue weighted by Gasteiger charge is -1.81. The molecule has 0 radical (unpaired) electrons. The zero-order valence-electron chi connectivity index (χ0n) is 5.80. The first-order valence-corrected chi connectivity index (χ1v) is 3.05. The van der Waals surface area contributed by atoms with Crippen LogP contribution in [0.5, 0.6) is 0 Å². The minimum absolute atomic E-state index is 0.403. The summed E-state index contributed by atoms with van der Waals surface area (Å²) in [6, 6.07) is 0. The predicted octanol–water partition coefficient (Wildman–Crippen LogP) is 0.0871. The highest BCUT2D eigenvalue weighted by Crippen LogP contribution is 2.14. The topological polar surface area (TPSA) is 72.0 Å². The minimum Gasteiger partial charge on any atom is -0.394 e. The molecule has 2 rings (SSSR count). The van der Waals surface area contributed by atoms with Crippen molar-refractivity contribution >= 4 is 11.3 Å². The van der Waals surface area contributed by atoms with Crippen LogP contribution in [0.4, 0.5) is 10.1 Å². The highest BCUT2D eigenvalue weighted by Gasteiger charge is 2.10. The molecule has 2 aromatic rings. The van der Waals surface area contributed by atoms with Crippen LogP contribution in [-0.2, 0) is 0 Å². The van der Waals surface area contributed by atoms with E-state index in [2.05, 4.69) is 15.3 Å². The zero-order chi connectivity index (χ0) is 8.01. The number of halogens is 1. The molecule has 0 bridgehead atoms. The van der Waals surface area contributed by atoms with E-state index in [1.807, 2.05) is 0 Å². The summed E-state index contributed by atoms with van der Waals surface area (Å²) in [5.41, 5.74) is 6.96. The van der Waals surface area contributed by atoms with E-state index in [1.54, 1.807) is 6.92 Å². The summed E-state index contributed by atoms with van der Waals surface area (Å²) in [5, 5.41) is 9.51. The predicted molar refractivity (Wildman–Crippen MR) is 36.4 cm³/mol. The van der Waals surface area contributed by atoms with Crippen molar-refractivity contribution in [2.45, 2.75) is 6.92 Å². The van der Waals surface area contributed by atoms with Crippen molar-refractivity contribution in [3.63, 3.8) is 0 Å². The van der Waals surface area contributed by atoms with Gasteiger partial charge in [-0.25, -0.2) is 0 Å². The molecule has 11 heavy (non-hydrogen) atoms. The van der Waals surface area contributed by atoms with Gasteiger partial charge >= 0.3 is 6.08 Å². The number of fused-ring (bicyclic) bond motifs is 1. The second-order valence-electron chi connectivity index (χ2n) is 2.25. The van der Waals surface area contributed by atoms with Crippen molar-refractivity contribution in [2.24, 2.45) is 0 Å². The SMILES string of the molecule is Cc1nn2c(F)n[nH]c2c1N. The Balaban J connectivity index is 2.93. The van der Waals surface area contributed by atoms with Gasteiger partial charge < -0.3 is 5.73 Å². The number of rotatable bonds is 0. The van der Waals surface area contributed by atoms with E-state index in [-0.39, 0.29) is 0 Å². The normalized spacial score (nSPS) is 11.1. The summed E-state index contributed by atoms with van der Waals surface area (Å²) >= 11 is 0. The molecule has 2 aromatic heterocycles. The molecular formula is C5H6FN5. The fraction of sp³-hybridized carbons (Fsp3) is 0.200. The van der Waals surface area contributed by atoms with E-state index in [4.69, 9.17) is 5.73 Å². The van der Waals surface area contributed by atoms with Gasteiger partial charge in [-0.3, -0.25) is 5.10 Å². The van der Waals surface area contributed by atoms with Crippen molar-refractivity contribution < 1.29 is 4.39 Å². The number of aromatic nitrogens is 4. The number of hydrogen-bond donors (Lipinski definition) is 2. The van der Waals surface area contributed by atoms with Crippen molar-refractivity contribution in [1.82, 2.24) is 19.8 Å².